The van der Waals surface area contributed by atoms with Gasteiger partial charge in [-0.05, 0) is 85.6 Å². The molecule has 1 fully saturated rings. The molecule has 4 rings (SSSR count). The number of halogens is 2. The molecule has 3 aromatic carbocycles. The topological polar surface area (TPSA) is 105 Å². The molecule has 0 aromatic heterocycles. The number of hydrogen-bond donors (Lipinski definition) is 2. The zero-order chi connectivity index (χ0) is 26.7. The van der Waals surface area contributed by atoms with E-state index in [1.165, 1.54) is 18.2 Å². The van der Waals surface area contributed by atoms with Gasteiger partial charge in [0.05, 0.1) is 5.69 Å². The Balaban J connectivity index is 1.57. The predicted octanol–water partition coefficient (Wildman–Crippen LogP) is 5.40. The smallest absolute Gasteiger partial charge is 0.335 e. The van der Waals surface area contributed by atoms with Crippen LogP contribution in [0.15, 0.2) is 70.7 Å². The molecule has 1 aliphatic heterocycles. The fraction of sp³-hybridized carbons (Fsp3) is 0.111. The molecule has 0 unspecified atom stereocenters. The molecule has 3 aromatic rings. The van der Waals surface area contributed by atoms with Crippen molar-refractivity contribution in [2.75, 3.05) is 16.8 Å². The second kappa shape index (κ2) is 11.0. The summed E-state index contributed by atoms with van der Waals surface area (Å²) in [6, 6.07) is 15.7. The van der Waals surface area contributed by atoms with Crippen LogP contribution in [0.3, 0.4) is 0 Å². The van der Waals surface area contributed by atoms with Crippen LogP contribution >= 0.6 is 27.5 Å². The van der Waals surface area contributed by atoms with Gasteiger partial charge in [-0.15, -0.1) is 0 Å². The Morgan fingerprint density at radius 1 is 1.03 bits per heavy atom. The number of anilines is 2. The van der Waals surface area contributed by atoms with Gasteiger partial charge >= 0.3 is 6.03 Å². The van der Waals surface area contributed by atoms with Crippen LogP contribution in [-0.2, 0) is 14.4 Å². The molecule has 0 bridgehead atoms. The standard InChI is InChI=1S/C27H21BrClN3O5/c1-15-3-7-20(11-16(15)2)30-24(33)14-37-23-10-6-19(29)12-17(23)13-22-25(34)31-27(36)32(26(22)35)21-8-4-18(28)5-9-21/h3-13H,14H2,1-2H3,(H,30,33)(H,31,34,36)/b22-13+. The molecule has 10 heteroatoms. The van der Waals surface area contributed by atoms with Gasteiger partial charge in [-0.25, -0.2) is 9.69 Å². The third kappa shape index (κ3) is 6.07. The van der Waals surface area contributed by atoms with E-state index in [4.69, 9.17) is 16.3 Å². The second-order valence-corrected chi connectivity index (χ2v) is 9.60. The van der Waals surface area contributed by atoms with E-state index in [0.29, 0.717) is 10.7 Å². The summed E-state index contributed by atoms with van der Waals surface area (Å²) >= 11 is 9.45. The fourth-order valence-corrected chi connectivity index (χ4v) is 4.01. The minimum absolute atomic E-state index is 0.222. The maximum atomic E-state index is 13.2. The molecule has 0 radical (unpaired) electrons. The van der Waals surface area contributed by atoms with Gasteiger partial charge in [0, 0.05) is 20.7 Å². The summed E-state index contributed by atoms with van der Waals surface area (Å²) in [4.78, 5) is 51.5. The number of amides is 5. The van der Waals surface area contributed by atoms with E-state index in [9.17, 15) is 19.2 Å². The van der Waals surface area contributed by atoms with Crippen molar-refractivity contribution in [3.05, 3.63) is 92.4 Å². The van der Waals surface area contributed by atoms with E-state index < -0.39 is 23.8 Å². The van der Waals surface area contributed by atoms with Crippen LogP contribution in [0.1, 0.15) is 16.7 Å². The van der Waals surface area contributed by atoms with Gasteiger partial charge < -0.3 is 10.1 Å². The highest BCUT2D eigenvalue weighted by Crippen LogP contribution is 2.28. The predicted molar refractivity (Wildman–Crippen MR) is 145 cm³/mol. The summed E-state index contributed by atoms with van der Waals surface area (Å²) in [5.74, 6) is -1.84. The van der Waals surface area contributed by atoms with Crippen molar-refractivity contribution in [1.29, 1.82) is 0 Å². The molecule has 1 aliphatic rings. The van der Waals surface area contributed by atoms with Crippen LogP contribution in [0.5, 0.6) is 5.75 Å². The molecule has 1 saturated heterocycles. The SMILES string of the molecule is Cc1ccc(NC(=O)COc2ccc(Cl)cc2/C=C2\C(=O)NC(=O)N(c3ccc(Br)cc3)C2=O)cc1C. The van der Waals surface area contributed by atoms with Crippen molar-refractivity contribution < 1.29 is 23.9 Å². The molecule has 1 heterocycles. The van der Waals surface area contributed by atoms with Gasteiger partial charge in [-0.1, -0.05) is 33.6 Å². The Labute approximate surface area is 226 Å². The number of hydrogen-bond acceptors (Lipinski definition) is 5. The Morgan fingerprint density at radius 2 is 1.76 bits per heavy atom. The van der Waals surface area contributed by atoms with E-state index in [2.05, 4.69) is 26.6 Å². The van der Waals surface area contributed by atoms with Gasteiger partial charge in [0.2, 0.25) is 0 Å². The lowest BCUT2D eigenvalue weighted by molar-refractivity contribution is -0.122. The Kier molecular flexibility index (Phi) is 7.75. The molecular formula is C27H21BrClN3O5. The van der Waals surface area contributed by atoms with Crippen molar-refractivity contribution in [3.63, 3.8) is 0 Å². The molecular weight excluding hydrogens is 562 g/mol. The van der Waals surface area contributed by atoms with Gasteiger partial charge in [0.15, 0.2) is 6.61 Å². The number of benzene rings is 3. The highest BCUT2D eigenvalue weighted by molar-refractivity contribution is 9.10. The number of imide groups is 2. The monoisotopic (exact) mass is 581 g/mol. The first-order valence-electron chi connectivity index (χ1n) is 11.1. The first kappa shape index (κ1) is 26.1. The van der Waals surface area contributed by atoms with Crippen LogP contribution in [0.25, 0.3) is 6.08 Å². The van der Waals surface area contributed by atoms with Crippen LogP contribution < -0.4 is 20.3 Å². The minimum atomic E-state index is -0.861. The summed E-state index contributed by atoms with van der Waals surface area (Å²) in [6.45, 7) is 3.60. The number of ether oxygens (including phenoxy) is 1. The minimum Gasteiger partial charge on any atom is -0.483 e. The Morgan fingerprint density at radius 3 is 2.46 bits per heavy atom. The van der Waals surface area contributed by atoms with Gasteiger partial charge in [0.1, 0.15) is 11.3 Å². The van der Waals surface area contributed by atoms with Crippen LogP contribution in [0.4, 0.5) is 16.2 Å². The van der Waals surface area contributed by atoms with Crippen molar-refractivity contribution in [1.82, 2.24) is 5.32 Å². The maximum absolute atomic E-state index is 13.2. The zero-order valence-electron chi connectivity index (χ0n) is 19.8. The van der Waals surface area contributed by atoms with Crippen molar-refractivity contribution in [3.8, 4) is 5.75 Å². The summed E-state index contributed by atoms with van der Waals surface area (Å²) in [5.41, 5.74) is 3.06. The number of rotatable bonds is 6. The van der Waals surface area contributed by atoms with Crippen molar-refractivity contribution >= 4 is 68.7 Å². The first-order chi connectivity index (χ1) is 17.6. The molecule has 0 atom stereocenters. The lowest BCUT2D eigenvalue weighted by Crippen LogP contribution is -2.54. The largest absolute Gasteiger partial charge is 0.483 e. The molecule has 8 nitrogen and oxygen atoms in total. The number of nitrogens with one attached hydrogen (secondary N) is 2. The maximum Gasteiger partial charge on any atom is 0.335 e. The molecule has 5 amide bonds. The molecule has 0 aliphatic carbocycles. The molecule has 0 spiro atoms. The molecule has 37 heavy (non-hydrogen) atoms. The van der Waals surface area contributed by atoms with E-state index in [-0.39, 0.29) is 29.2 Å². The lowest BCUT2D eigenvalue weighted by atomic mass is 10.1. The van der Waals surface area contributed by atoms with Crippen LogP contribution in [0, 0.1) is 13.8 Å². The highest BCUT2D eigenvalue weighted by Gasteiger charge is 2.37. The highest BCUT2D eigenvalue weighted by atomic mass is 79.9. The van der Waals surface area contributed by atoms with Gasteiger partial charge in [0.25, 0.3) is 17.7 Å². The number of aryl methyl sites for hydroxylation is 2. The lowest BCUT2D eigenvalue weighted by Gasteiger charge is -2.26. The number of nitrogens with zero attached hydrogens (tertiary/aromatic N) is 1. The summed E-state index contributed by atoms with van der Waals surface area (Å²) in [6.07, 6.45) is 1.28. The third-order valence-corrected chi connectivity index (χ3v) is 6.37. The second-order valence-electron chi connectivity index (χ2n) is 8.25. The summed E-state index contributed by atoms with van der Waals surface area (Å²) in [5, 5.41) is 5.26. The molecule has 0 saturated carbocycles. The fourth-order valence-electron chi connectivity index (χ4n) is 3.56. The Hall–Kier alpha value is -3.95. The van der Waals surface area contributed by atoms with E-state index >= 15 is 0 Å². The summed E-state index contributed by atoms with van der Waals surface area (Å²) in [7, 11) is 0. The van der Waals surface area contributed by atoms with Crippen molar-refractivity contribution in [2.24, 2.45) is 0 Å². The number of carbonyl (C=O) groups excluding carboxylic acids is 4. The van der Waals surface area contributed by atoms with Crippen LogP contribution in [0.2, 0.25) is 5.02 Å². The normalized spacial score (nSPS) is 14.5. The molecule has 188 valence electrons. The zero-order valence-corrected chi connectivity index (χ0v) is 22.1. The van der Waals surface area contributed by atoms with Gasteiger partial charge in [-0.3, -0.25) is 19.7 Å². The van der Waals surface area contributed by atoms with Gasteiger partial charge in [-0.2, -0.15) is 0 Å². The van der Waals surface area contributed by atoms with Crippen molar-refractivity contribution in [2.45, 2.75) is 13.8 Å². The Bertz CT molecular complexity index is 1450. The number of carbonyl (C=O) groups is 4. The van der Waals surface area contributed by atoms with E-state index in [1.54, 1.807) is 36.4 Å². The van der Waals surface area contributed by atoms with E-state index in [1.807, 2.05) is 26.0 Å². The average molecular weight is 583 g/mol. The third-order valence-electron chi connectivity index (χ3n) is 5.61. The quantitative estimate of drug-likeness (QED) is 0.299. The molecule has 2 N–H and O–H groups in total. The summed E-state index contributed by atoms with van der Waals surface area (Å²) < 4.78 is 6.45. The number of urea groups is 1. The number of barbiturate groups is 1. The van der Waals surface area contributed by atoms with E-state index in [0.717, 1.165) is 20.5 Å². The first-order valence-corrected chi connectivity index (χ1v) is 12.3. The average Bonchev–Trinajstić information content (AvgIpc) is 2.84. The van der Waals surface area contributed by atoms with Crippen LogP contribution in [-0.4, -0.2) is 30.4 Å².